The van der Waals surface area contributed by atoms with Crippen molar-refractivity contribution in [2.45, 2.75) is 0 Å². The van der Waals surface area contributed by atoms with Crippen molar-refractivity contribution < 1.29 is 0 Å². The van der Waals surface area contributed by atoms with Gasteiger partial charge in [0.15, 0.2) is 17.5 Å². The predicted octanol–water partition coefficient (Wildman–Crippen LogP) is 6.67. The van der Waals surface area contributed by atoms with E-state index in [1.165, 1.54) is 0 Å². The fourth-order valence-corrected chi connectivity index (χ4v) is 4.58. The lowest BCUT2D eigenvalue weighted by Crippen LogP contribution is -2.01. The first-order valence-electron chi connectivity index (χ1n) is 12.5. The zero-order chi connectivity index (χ0) is 26.0. The Morgan fingerprint density at radius 2 is 1.00 bits per heavy atom. The van der Waals surface area contributed by atoms with Crippen LogP contribution in [0, 0.1) is 0 Å². The van der Waals surface area contributed by atoms with Gasteiger partial charge in [-0.05, 0) is 48.5 Å². The number of hydrogen-bond acceptors (Lipinski definition) is 6. The number of imidazole rings is 1. The third kappa shape index (κ3) is 4.32. The molecule has 4 heterocycles. The summed E-state index contributed by atoms with van der Waals surface area (Å²) in [5.74, 6) is 2.56. The molecule has 0 unspecified atom stereocenters. The highest BCUT2D eigenvalue weighted by Crippen LogP contribution is 2.30. The number of rotatable bonds is 5. The van der Waals surface area contributed by atoms with E-state index in [9.17, 15) is 0 Å². The van der Waals surface area contributed by atoms with Crippen molar-refractivity contribution in [3.63, 3.8) is 0 Å². The number of hydrogen-bond donors (Lipinski definition) is 0. The highest BCUT2D eigenvalue weighted by molar-refractivity contribution is 5.83. The first-order chi connectivity index (χ1) is 19.3. The SMILES string of the molecule is c1ccc(-n2c(-c3ccc(-c4nc(-c5cccnc5)nc(-c5cccnc5)n4)cc3)nc3ccccc32)cc1. The molecular weight excluding hydrogens is 482 g/mol. The quantitative estimate of drug-likeness (QED) is 0.261. The van der Waals surface area contributed by atoms with E-state index in [2.05, 4.69) is 44.9 Å². The van der Waals surface area contributed by atoms with Crippen molar-refractivity contribution in [2.24, 2.45) is 0 Å². The summed E-state index contributed by atoms with van der Waals surface area (Å²) < 4.78 is 2.19. The summed E-state index contributed by atoms with van der Waals surface area (Å²) in [5.41, 5.74) is 6.57. The van der Waals surface area contributed by atoms with Crippen LogP contribution in [0.25, 0.3) is 62.3 Å². The summed E-state index contributed by atoms with van der Waals surface area (Å²) >= 11 is 0. The number of aromatic nitrogens is 7. The van der Waals surface area contributed by atoms with Gasteiger partial charge in [-0.2, -0.15) is 0 Å². The van der Waals surface area contributed by atoms with Crippen LogP contribution in [0.15, 0.2) is 128 Å². The first-order valence-corrected chi connectivity index (χ1v) is 12.5. The van der Waals surface area contributed by atoms with E-state index >= 15 is 0 Å². The van der Waals surface area contributed by atoms with Gasteiger partial charge in [0.1, 0.15) is 5.82 Å². The Morgan fingerprint density at radius 1 is 0.436 bits per heavy atom. The third-order valence-corrected chi connectivity index (χ3v) is 6.45. The fraction of sp³-hybridized carbons (Fsp3) is 0. The van der Waals surface area contributed by atoms with Gasteiger partial charge in [-0.15, -0.1) is 0 Å². The molecule has 0 atom stereocenters. The Morgan fingerprint density at radius 3 is 1.62 bits per heavy atom. The fourth-order valence-electron chi connectivity index (χ4n) is 4.58. The average molecular weight is 504 g/mol. The summed E-state index contributed by atoms with van der Waals surface area (Å²) in [4.78, 5) is 27.8. The van der Waals surface area contributed by atoms with Gasteiger partial charge in [-0.3, -0.25) is 14.5 Å². The highest BCUT2D eigenvalue weighted by atomic mass is 15.1. The molecule has 3 aromatic carbocycles. The molecule has 0 aliphatic heterocycles. The Labute approximate surface area is 224 Å². The maximum atomic E-state index is 4.98. The van der Waals surface area contributed by atoms with Crippen molar-refractivity contribution in [2.75, 3.05) is 0 Å². The molecule has 4 aromatic heterocycles. The van der Waals surface area contributed by atoms with Gasteiger partial charge in [0, 0.05) is 52.7 Å². The molecule has 0 saturated heterocycles. The van der Waals surface area contributed by atoms with Crippen LogP contribution < -0.4 is 0 Å². The molecule has 7 nitrogen and oxygen atoms in total. The Hall–Kier alpha value is -5.56. The van der Waals surface area contributed by atoms with Gasteiger partial charge in [0.2, 0.25) is 0 Å². The van der Waals surface area contributed by atoms with Crippen molar-refractivity contribution in [1.29, 1.82) is 0 Å². The lowest BCUT2D eigenvalue weighted by molar-refractivity contribution is 1.07. The van der Waals surface area contributed by atoms with Crippen LogP contribution in [0.3, 0.4) is 0 Å². The van der Waals surface area contributed by atoms with E-state index in [1.54, 1.807) is 24.8 Å². The molecule has 0 aliphatic carbocycles. The first kappa shape index (κ1) is 22.6. The van der Waals surface area contributed by atoms with Gasteiger partial charge in [0.05, 0.1) is 11.0 Å². The molecule has 0 amide bonds. The van der Waals surface area contributed by atoms with Gasteiger partial charge >= 0.3 is 0 Å². The molecule has 7 rings (SSSR count). The summed E-state index contributed by atoms with van der Waals surface area (Å²) in [6.45, 7) is 0. The van der Waals surface area contributed by atoms with Crippen molar-refractivity contribution in [3.8, 4) is 51.2 Å². The molecule has 0 radical (unpaired) electrons. The minimum absolute atomic E-state index is 0.557. The lowest BCUT2D eigenvalue weighted by Gasteiger charge is -2.11. The number of pyridine rings is 2. The Kier molecular flexibility index (Phi) is 5.64. The van der Waals surface area contributed by atoms with E-state index in [4.69, 9.17) is 19.9 Å². The predicted molar refractivity (Wildman–Crippen MR) is 152 cm³/mol. The Balaban J connectivity index is 1.34. The van der Waals surface area contributed by atoms with E-state index in [-0.39, 0.29) is 0 Å². The largest absolute Gasteiger partial charge is 0.292 e. The molecular formula is C32H21N7. The zero-order valence-corrected chi connectivity index (χ0v) is 20.8. The van der Waals surface area contributed by atoms with E-state index < -0.39 is 0 Å². The lowest BCUT2D eigenvalue weighted by atomic mass is 10.1. The second-order valence-electron chi connectivity index (χ2n) is 8.96. The maximum absolute atomic E-state index is 4.98. The van der Waals surface area contributed by atoms with E-state index in [0.717, 1.165) is 44.8 Å². The molecule has 0 fully saturated rings. The topological polar surface area (TPSA) is 82.3 Å². The smallest absolute Gasteiger partial charge is 0.165 e. The monoisotopic (exact) mass is 503 g/mol. The van der Waals surface area contributed by atoms with Crippen LogP contribution >= 0.6 is 0 Å². The minimum atomic E-state index is 0.557. The molecule has 39 heavy (non-hydrogen) atoms. The highest BCUT2D eigenvalue weighted by Gasteiger charge is 2.16. The second kappa shape index (κ2) is 9.72. The number of nitrogens with zero attached hydrogens (tertiary/aromatic N) is 7. The van der Waals surface area contributed by atoms with Gasteiger partial charge in [0.25, 0.3) is 0 Å². The number of benzene rings is 3. The summed E-state index contributed by atoms with van der Waals surface area (Å²) in [5, 5.41) is 0. The minimum Gasteiger partial charge on any atom is -0.292 e. The zero-order valence-electron chi connectivity index (χ0n) is 20.8. The van der Waals surface area contributed by atoms with Crippen LogP contribution in [0.2, 0.25) is 0 Å². The van der Waals surface area contributed by atoms with Crippen LogP contribution in [0.5, 0.6) is 0 Å². The maximum Gasteiger partial charge on any atom is 0.165 e. The standard InChI is InChI=1S/C32H21N7/c1-2-10-26(11-3-1)39-28-13-5-4-12-27(28)35-32(39)23-16-14-22(15-17-23)29-36-30(24-8-6-18-33-20-24)38-31(37-29)25-9-7-19-34-21-25/h1-21H. The molecule has 184 valence electrons. The Bertz CT molecular complexity index is 1830. The second-order valence-corrected chi connectivity index (χ2v) is 8.96. The molecule has 7 heteroatoms. The van der Waals surface area contributed by atoms with Crippen LogP contribution in [0.4, 0.5) is 0 Å². The molecule has 7 aromatic rings. The van der Waals surface area contributed by atoms with Crippen LogP contribution in [-0.2, 0) is 0 Å². The van der Waals surface area contributed by atoms with Crippen molar-refractivity contribution >= 4 is 11.0 Å². The average Bonchev–Trinajstić information content (AvgIpc) is 3.42. The normalized spacial score (nSPS) is 11.1. The van der Waals surface area contributed by atoms with Crippen LogP contribution in [0.1, 0.15) is 0 Å². The van der Waals surface area contributed by atoms with E-state index in [0.29, 0.717) is 17.5 Å². The van der Waals surface area contributed by atoms with Crippen molar-refractivity contribution in [1.82, 2.24) is 34.5 Å². The van der Waals surface area contributed by atoms with Crippen molar-refractivity contribution in [3.05, 3.63) is 128 Å². The number of fused-ring (bicyclic) bond motifs is 1. The molecule has 0 spiro atoms. The molecule has 0 aliphatic rings. The third-order valence-electron chi connectivity index (χ3n) is 6.45. The number of para-hydroxylation sites is 3. The molecule has 0 N–H and O–H groups in total. The summed E-state index contributed by atoms with van der Waals surface area (Å²) in [6.07, 6.45) is 6.97. The van der Waals surface area contributed by atoms with Crippen LogP contribution in [-0.4, -0.2) is 34.5 Å². The van der Waals surface area contributed by atoms with Gasteiger partial charge in [-0.1, -0.05) is 54.6 Å². The molecule has 0 bridgehead atoms. The van der Waals surface area contributed by atoms with Gasteiger partial charge < -0.3 is 0 Å². The van der Waals surface area contributed by atoms with E-state index in [1.807, 2.05) is 72.8 Å². The van der Waals surface area contributed by atoms with Gasteiger partial charge in [-0.25, -0.2) is 19.9 Å². The summed E-state index contributed by atoms with van der Waals surface area (Å²) in [7, 11) is 0. The molecule has 0 saturated carbocycles. The summed E-state index contributed by atoms with van der Waals surface area (Å²) in [6, 6.07) is 34.3.